The number of carbonyl (C=O) groups excluding carboxylic acids is 1. The van der Waals surface area contributed by atoms with Crippen LogP contribution < -0.4 is 5.32 Å². The van der Waals surface area contributed by atoms with Gasteiger partial charge in [-0.25, -0.2) is 0 Å². The average Bonchev–Trinajstić information content (AvgIpc) is 2.81. The van der Waals surface area contributed by atoms with Gasteiger partial charge in [0.15, 0.2) is 0 Å². The number of amides is 1. The molecule has 0 aromatic carbocycles. The van der Waals surface area contributed by atoms with E-state index in [2.05, 4.69) is 5.32 Å². The van der Waals surface area contributed by atoms with Gasteiger partial charge in [-0.15, -0.1) is 0 Å². The fourth-order valence-electron chi connectivity index (χ4n) is 1.01. The normalized spacial score (nSPS) is 18.4. The number of carboxylic acids is 1. The van der Waals surface area contributed by atoms with Crippen molar-refractivity contribution in [2.45, 2.75) is 26.2 Å². The molecule has 0 aromatic rings. The van der Waals surface area contributed by atoms with Crippen molar-refractivity contribution < 1.29 is 14.7 Å². The monoisotopic (exact) mass is 171 g/mol. The standard InChI is InChI=1S/C8H13NO3/c1-2-6(10)9-5-8(3-4-8)7(11)12/h2-5H2,1H3,(H,9,10)(H,11,12). The fraction of sp³-hybridized carbons (Fsp3) is 0.750. The Hall–Kier alpha value is -1.06. The maximum atomic E-state index is 10.8. The average molecular weight is 171 g/mol. The van der Waals surface area contributed by atoms with Crippen LogP contribution in [-0.2, 0) is 9.59 Å². The molecule has 0 saturated heterocycles. The van der Waals surface area contributed by atoms with Gasteiger partial charge >= 0.3 is 5.97 Å². The Morgan fingerprint density at radius 2 is 2.08 bits per heavy atom. The van der Waals surface area contributed by atoms with Gasteiger partial charge in [0.05, 0.1) is 5.41 Å². The SMILES string of the molecule is CCC(=O)NCC1(C(=O)O)CC1. The Morgan fingerprint density at radius 3 is 2.42 bits per heavy atom. The van der Waals surface area contributed by atoms with E-state index in [0.717, 1.165) is 0 Å². The second-order valence-corrected chi connectivity index (χ2v) is 3.22. The molecule has 1 aliphatic rings. The van der Waals surface area contributed by atoms with Gasteiger partial charge in [-0.1, -0.05) is 6.92 Å². The molecule has 12 heavy (non-hydrogen) atoms. The van der Waals surface area contributed by atoms with Crippen LogP contribution in [-0.4, -0.2) is 23.5 Å². The van der Waals surface area contributed by atoms with E-state index in [1.165, 1.54) is 0 Å². The number of nitrogens with one attached hydrogen (secondary N) is 1. The molecule has 0 heterocycles. The summed E-state index contributed by atoms with van der Waals surface area (Å²) >= 11 is 0. The van der Waals surface area contributed by atoms with Crippen LogP contribution in [0.1, 0.15) is 26.2 Å². The number of carboxylic acid groups (broad SMARTS) is 1. The fourth-order valence-corrected chi connectivity index (χ4v) is 1.01. The number of carbonyl (C=O) groups is 2. The molecule has 68 valence electrons. The zero-order valence-electron chi connectivity index (χ0n) is 7.09. The van der Waals surface area contributed by atoms with Crippen LogP contribution in [0.5, 0.6) is 0 Å². The van der Waals surface area contributed by atoms with E-state index >= 15 is 0 Å². The third-order valence-corrected chi connectivity index (χ3v) is 2.25. The van der Waals surface area contributed by atoms with E-state index < -0.39 is 11.4 Å². The van der Waals surface area contributed by atoms with Crippen LogP contribution in [0.3, 0.4) is 0 Å². The Kier molecular flexibility index (Phi) is 2.35. The van der Waals surface area contributed by atoms with Crippen LogP contribution >= 0.6 is 0 Å². The van der Waals surface area contributed by atoms with Crippen molar-refractivity contribution in [1.29, 1.82) is 0 Å². The molecule has 1 amide bonds. The van der Waals surface area contributed by atoms with Gasteiger partial charge in [0.2, 0.25) is 5.91 Å². The Bertz CT molecular complexity index is 208. The second kappa shape index (κ2) is 3.13. The highest BCUT2D eigenvalue weighted by Crippen LogP contribution is 2.45. The van der Waals surface area contributed by atoms with E-state index in [0.29, 0.717) is 19.3 Å². The lowest BCUT2D eigenvalue weighted by Gasteiger charge is -2.09. The van der Waals surface area contributed by atoms with E-state index in [1.807, 2.05) is 0 Å². The van der Waals surface area contributed by atoms with Crippen molar-refractivity contribution >= 4 is 11.9 Å². The summed E-state index contributed by atoms with van der Waals surface area (Å²) in [6, 6.07) is 0. The van der Waals surface area contributed by atoms with Crippen molar-refractivity contribution in [3.63, 3.8) is 0 Å². The molecular weight excluding hydrogens is 158 g/mol. The highest BCUT2D eigenvalue weighted by molar-refractivity contribution is 5.80. The van der Waals surface area contributed by atoms with Crippen molar-refractivity contribution in [2.24, 2.45) is 5.41 Å². The zero-order valence-corrected chi connectivity index (χ0v) is 7.09. The van der Waals surface area contributed by atoms with Gasteiger partial charge in [0, 0.05) is 13.0 Å². The molecule has 0 unspecified atom stereocenters. The van der Waals surface area contributed by atoms with Crippen LogP contribution in [0.2, 0.25) is 0 Å². The summed E-state index contributed by atoms with van der Waals surface area (Å²) < 4.78 is 0. The largest absolute Gasteiger partial charge is 0.481 e. The smallest absolute Gasteiger partial charge is 0.311 e. The minimum Gasteiger partial charge on any atom is -0.481 e. The molecular formula is C8H13NO3. The predicted molar refractivity (Wildman–Crippen MR) is 42.6 cm³/mol. The maximum Gasteiger partial charge on any atom is 0.311 e. The summed E-state index contributed by atoms with van der Waals surface area (Å²) in [7, 11) is 0. The summed E-state index contributed by atoms with van der Waals surface area (Å²) in [5, 5.41) is 11.3. The lowest BCUT2D eigenvalue weighted by Crippen LogP contribution is -2.33. The van der Waals surface area contributed by atoms with Gasteiger partial charge in [-0.2, -0.15) is 0 Å². The topological polar surface area (TPSA) is 66.4 Å². The first-order chi connectivity index (χ1) is 5.60. The van der Waals surface area contributed by atoms with E-state index in [9.17, 15) is 9.59 Å². The minimum atomic E-state index is -0.793. The Morgan fingerprint density at radius 1 is 1.50 bits per heavy atom. The quantitative estimate of drug-likeness (QED) is 0.642. The lowest BCUT2D eigenvalue weighted by atomic mass is 10.1. The van der Waals surface area contributed by atoms with Crippen LogP contribution in [0.4, 0.5) is 0 Å². The molecule has 1 fully saturated rings. The summed E-state index contributed by atoms with van der Waals surface area (Å²) in [6.07, 6.45) is 1.79. The number of rotatable bonds is 4. The third-order valence-electron chi connectivity index (χ3n) is 2.25. The molecule has 1 aliphatic carbocycles. The molecule has 0 atom stereocenters. The zero-order chi connectivity index (χ0) is 9.19. The summed E-state index contributed by atoms with van der Waals surface area (Å²) in [5.74, 6) is -0.874. The molecule has 1 saturated carbocycles. The highest BCUT2D eigenvalue weighted by atomic mass is 16.4. The Balaban J connectivity index is 2.32. The van der Waals surface area contributed by atoms with Crippen molar-refractivity contribution in [1.82, 2.24) is 5.32 Å². The first-order valence-corrected chi connectivity index (χ1v) is 4.11. The molecule has 0 radical (unpaired) electrons. The number of hydrogen-bond donors (Lipinski definition) is 2. The van der Waals surface area contributed by atoms with Gasteiger partial charge in [-0.05, 0) is 12.8 Å². The van der Waals surface area contributed by atoms with Crippen LogP contribution in [0, 0.1) is 5.41 Å². The molecule has 4 heteroatoms. The minimum absolute atomic E-state index is 0.0810. The molecule has 0 bridgehead atoms. The molecule has 4 nitrogen and oxygen atoms in total. The van der Waals surface area contributed by atoms with Gasteiger partial charge in [0.25, 0.3) is 0 Å². The number of hydrogen-bond acceptors (Lipinski definition) is 2. The van der Waals surface area contributed by atoms with Crippen LogP contribution in [0.15, 0.2) is 0 Å². The molecule has 2 N–H and O–H groups in total. The second-order valence-electron chi connectivity index (χ2n) is 3.22. The number of aliphatic carboxylic acids is 1. The van der Waals surface area contributed by atoms with Crippen molar-refractivity contribution in [2.75, 3.05) is 6.54 Å². The van der Waals surface area contributed by atoms with E-state index in [1.54, 1.807) is 6.92 Å². The molecule has 0 aliphatic heterocycles. The van der Waals surface area contributed by atoms with Gasteiger partial charge < -0.3 is 10.4 Å². The molecule has 0 aromatic heterocycles. The van der Waals surface area contributed by atoms with Gasteiger partial charge in [0.1, 0.15) is 0 Å². The van der Waals surface area contributed by atoms with Gasteiger partial charge in [-0.3, -0.25) is 9.59 Å². The summed E-state index contributed by atoms with van der Waals surface area (Å²) in [6.45, 7) is 2.03. The summed E-state index contributed by atoms with van der Waals surface area (Å²) in [5.41, 5.74) is -0.634. The van der Waals surface area contributed by atoms with Crippen LogP contribution in [0.25, 0.3) is 0 Å². The first-order valence-electron chi connectivity index (χ1n) is 4.11. The van der Waals surface area contributed by atoms with Crippen molar-refractivity contribution in [3.05, 3.63) is 0 Å². The molecule has 1 rings (SSSR count). The van der Waals surface area contributed by atoms with Crippen molar-refractivity contribution in [3.8, 4) is 0 Å². The van der Waals surface area contributed by atoms with E-state index in [-0.39, 0.29) is 12.5 Å². The maximum absolute atomic E-state index is 10.8. The predicted octanol–water partition coefficient (Wildman–Crippen LogP) is 0.377. The summed E-state index contributed by atoms with van der Waals surface area (Å²) in [4.78, 5) is 21.4. The highest BCUT2D eigenvalue weighted by Gasteiger charge is 2.50. The third kappa shape index (κ3) is 1.75. The first kappa shape index (κ1) is 9.03. The van der Waals surface area contributed by atoms with E-state index in [4.69, 9.17) is 5.11 Å². The molecule has 0 spiro atoms. The lowest BCUT2D eigenvalue weighted by molar-refractivity contribution is -0.143. The Labute approximate surface area is 71.0 Å².